The predicted octanol–water partition coefficient (Wildman–Crippen LogP) is 6.71. The number of carbonyl (C=O) groups excluding carboxylic acids is 2. The predicted molar refractivity (Wildman–Crippen MR) is 148 cm³/mol. The number of benzene rings is 3. The van der Waals surface area contributed by atoms with Gasteiger partial charge in [-0.3, -0.25) is 9.59 Å². The van der Waals surface area contributed by atoms with Gasteiger partial charge >= 0.3 is 6.18 Å². The molecule has 0 saturated heterocycles. The highest BCUT2D eigenvalue weighted by molar-refractivity contribution is 6.35. The van der Waals surface area contributed by atoms with Gasteiger partial charge in [0.1, 0.15) is 0 Å². The zero-order valence-corrected chi connectivity index (χ0v) is 22.8. The molecular weight excluding hydrogens is 592 g/mol. The van der Waals surface area contributed by atoms with Crippen LogP contribution in [0.4, 0.5) is 18.9 Å². The van der Waals surface area contributed by atoms with Crippen molar-refractivity contribution in [3.63, 3.8) is 0 Å². The van der Waals surface area contributed by atoms with Crippen LogP contribution in [-0.4, -0.2) is 45.5 Å². The normalized spacial score (nSPS) is 12.2. The van der Waals surface area contributed by atoms with Gasteiger partial charge < -0.3 is 15.7 Å². The summed E-state index contributed by atoms with van der Waals surface area (Å²) in [5.41, 5.74) is 2.80. The molecule has 208 valence electrons. The highest BCUT2D eigenvalue weighted by Crippen LogP contribution is 2.33. The molecule has 1 aromatic heterocycles. The number of amides is 2. The molecule has 1 atom stereocenters. The van der Waals surface area contributed by atoms with Gasteiger partial charge in [0.25, 0.3) is 11.8 Å². The van der Waals surface area contributed by atoms with Crippen molar-refractivity contribution in [2.45, 2.75) is 19.2 Å². The van der Waals surface area contributed by atoms with E-state index in [1.807, 2.05) is 5.32 Å². The molecule has 0 aliphatic rings. The van der Waals surface area contributed by atoms with E-state index in [4.69, 9.17) is 39.9 Å². The number of aromatic nitrogens is 2. The number of nitrogens with zero attached hydrogens (tertiary/aromatic N) is 2. The Labute approximate surface area is 241 Å². The van der Waals surface area contributed by atoms with Gasteiger partial charge in [0.2, 0.25) is 0 Å². The molecular formula is C27H20Cl3F3N4O3. The lowest BCUT2D eigenvalue weighted by Gasteiger charge is -2.15. The first-order chi connectivity index (χ1) is 18.8. The lowest BCUT2D eigenvalue weighted by atomic mass is 10.1. The van der Waals surface area contributed by atoms with E-state index in [9.17, 15) is 22.8 Å². The highest BCUT2D eigenvalue weighted by Gasteiger charge is 2.38. The summed E-state index contributed by atoms with van der Waals surface area (Å²) in [6.45, 7) is 0.741. The number of aliphatic hydroxyl groups is 1. The van der Waals surface area contributed by atoms with Crippen LogP contribution in [0, 0.1) is 6.92 Å². The molecule has 4 rings (SSSR count). The molecule has 3 N–H and O–H groups in total. The Bertz CT molecular complexity index is 1560. The zero-order valence-electron chi connectivity index (χ0n) is 20.6. The molecule has 0 spiro atoms. The molecule has 0 saturated carbocycles. The molecule has 1 heterocycles. The van der Waals surface area contributed by atoms with Crippen molar-refractivity contribution in [3.05, 3.63) is 98.6 Å². The van der Waals surface area contributed by atoms with Gasteiger partial charge in [-0.2, -0.15) is 18.3 Å². The van der Waals surface area contributed by atoms with Crippen LogP contribution < -0.4 is 10.6 Å². The van der Waals surface area contributed by atoms with Gasteiger partial charge in [-0.15, -0.1) is 0 Å². The Kier molecular flexibility index (Phi) is 8.74. The SMILES string of the molecule is Cc1c(C(=O)Nc2ccc(C(=O)NCC(O)C(F)(F)F)cc2)nn(-c2ccc(Cl)cc2Cl)c1-c1ccc(Cl)cc1. The molecule has 2 amide bonds. The Hall–Kier alpha value is -3.57. The second kappa shape index (κ2) is 11.9. The first-order valence-electron chi connectivity index (χ1n) is 11.6. The number of aliphatic hydroxyl groups excluding tert-OH is 1. The third-order valence-corrected chi connectivity index (χ3v) is 6.62. The van der Waals surface area contributed by atoms with Gasteiger partial charge in [-0.25, -0.2) is 4.68 Å². The number of hydrogen-bond donors (Lipinski definition) is 3. The van der Waals surface area contributed by atoms with Crippen molar-refractivity contribution in [2.24, 2.45) is 0 Å². The quantitative estimate of drug-likeness (QED) is 0.216. The van der Waals surface area contributed by atoms with Crippen LogP contribution in [0.15, 0.2) is 66.7 Å². The summed E-state index contributed by atoms with van der Waals surface area (Å²) in [4.78, 5) is 25.4. The third kappa shape index (κ3) is 6.59. The number of hydrogen-bond acceptors (Lipinski definition) is 4. The minimum Gasteiger partial charge on any atom is -0.382 e. The summed E-state index contributed by atoms with van der Waals surface area (Å²) in [6.07, 6.45) is -7.53. The van der Waals surface area contributed by atoms with Crippen LogP contribution in [0.5, 0.6) is 0 Å². The van der Waals surface area contributed by atoms with E-state index < -0.39 is 30.6 Å². The zero-order chi connectivity index (χ0) is 29.2. The van der Waals surface area contributed by atoms with Crippen LogP contribution >= 0.6 is 34.8 Å². The molecule has 3 aromatic carbocycles. The Morgan fingerprint density at radius 3 is 2.17 bits per heavy atom. The standard InChI is InChI=1S/C27H20Cl3F3N4O3/c1-14-23(26(40)35-19-9-4-16(5-10-19)25(39)34-13-22(38)27(31,32)33)36-37(21-11-8-18(29)12-20(21)30)24(14)15-2-6-17(28)7-3-15/h2-12,22,38H,13H2,1H3,(H,34,39)(H,35,40). The second-order valence-corrected chi connectivity index (χ2v) is 9.92. The number of rotatable bonds is 7. The maximum atomic E-state index is 13.3. The monoisotopic (exact) mass is 610 g/mol. The summed E-state index contributed by atoms with van der Waals surface area (Å²) < 4.78 is 38.9. The minimum absolute atomic E-state index is 0.0373. The summed E-state index contributed by atoms with van der Waals surface area (Å²) >= 11 is 18.6. The number of carbonyl (C=O) groups is 2. The number of halogens is 6. The topological polar surface area (TPSA) is 96.2 Å². The Morgan fingerprint density at radius 2 is 1.57 bits per heavy atom. The Balaban J connectivity index is 1.59. The van der Waals surface area contributed by atoms with E-state index in [1.165, 1.54) is 28.9 Å². The average molecular weight is 612 g/mol. The molecule has 0 aliphatic heterocycles. The van der Waals surface area contributed by atoms with Gasteiger partial charge in [0, 0.05) is 32.4 Å². The van der Waals surface area contributed by atoms with E-state index in [0.717, 1.165) is 5.56 Å². The van der Waals surface area contributed by atoms with Crippen LogP contribution in [0.25, 0.3) is 16.9 Å². The molecule has 1 unspecified atom stereocenters. The van der Waals surface area contributed by atoms with Crippen molar-refractivity contribution < 1.29 is 27.9 Å². The van der Waals surface area contributed by atoms with E-state index >= 15 is 0 Å². The van der Waals surface area contributed by atoms with Crippen LogP contribution in [0.3, 0.4) is 0 Å². The molecule has 0 aliphatic carbocycles. The molecule has 4 aromatic rings. The van der Waals surface area contributed by atoms with Crippen molar-refractivity contribution in [3.8, 4) is 16.9 Å². The Morgan fingerprint density at radius 1 is 0.950 bits per heavy atom. The van der Waals surface area contributed by atoms with Crippen molar-refractivity contribution >= 4 is 52.3 Å². The minimum atomic E-state index is -4.85. The molecule has 0 fully saturated rings. The summed E-state index contributed by atoms with van der Waals surface area (Å²) in [5, 5.41) is 19.6. The van der Waals surface area contributed by atoms with Crippen LogP contribution in [0.1, 0.15) is 26.4 Å². The molecule has 0 bridgehead atoms. The van der Waals surface area contributed by atoms with Crippen molar-refractivity contribution in [2.75, 3.05) is 11.9 Å². The van der Waals surface area contributed by atoms with Gasteiger partial charge in [0.05, 0.1) is 22.9 Å². The van der Waals surface area contributed by atoms with Gasteiger partial charge in [-0.1, -0.05) is 46.9 Å². The lowest BCUT2D eigenvalue weighted by molar-refractivity contribution is -0.201. The first kappa shape index (κ1) is 29.4. The van der Waals surface area contributed by atoms with Crippen molar-refractivity contribution in [1.82, 2.24) is 15.1 Å². The van der Waals surface area contributed by atoms with E-state index in [2.05, 4.69) is 10.4 Å². The second-order valence-electron chi connectivity index (χ2n) is 8.64. The van der Waals surface area contributed by atoms with E-state index in [-0.39, 0.29) is 11.3 Å². The maximum Gasteiger partial charge on any atom is 0.416 e. The number of anilines is 1. The lowest BCUT2D eigenvalue weighted by Crippen LogP contribution is -2.40. The van der Waals surface area contributed by atoms with Gasteiger partial charge in [0.15, 0.2) is 11.8 Å². The third-order valence-electron chi connectivity index (χ3n) is 5.83. The number of alkyl halides is 3. The number of nitrogens with one attached hydrogen (secondary N) is 2. The van der Waals surface area contributed by atoms with E-state index in [1.54, 1.807) is 49.4 Å². The fourth-order valence-electron chi connectivity index (χ4n) is 3.79. The summed E-state index contributed by atoms with van der Waals surface area (Å²) in [5.74, 6) is -1.37. The largest absolute Gasteiger partial charge is 0.416 e. The molecule has 40 heavy (non-hydrogen) atoms. The summed E-state index contributed by atoms with van der Waals surface area (Å²) in [6, 6.07) is 17.3. The highest BCUT2D eigenvalue weighted by atomic mass is 35.5. The smallest absolute Gasteiger partial charge is 0.382 e. The molecule has 0 radical (unpaired) electrons. The molecule has 7 nitrogen and oxygen atoms in total. The van der Waals surface area contributed by atoms with E-state index in [0.29, 0.717) is 37.7 Å². The first-order valence-corrected chi connectivity index (χ1v) is 12.7. The maximum absolute atomic E-state index is 13.3. The average Bonchev–Trinajstić information content (AvgIpc) is 3.24. The summed E-state index contributed by atoms with van der Waals surface area (Å²) in [7, 11) is 0. The molecule has 13 heteroatoms. The van der Waals surface area contributed by atoms with Crippen molar-refractivity contribution in [1.29, 1.82) is 0 Å². The van der Waals surface area contributed by atoms with Crippen LogP contribution in [0.2, 0.25) is 15.1 Å². The van der Waals surface area contributed by atoms with Gasteiger partial charge in [-0.05, 0) is 61.5 Å². The fraction of sp³-hybridized carbons (Fsp3) is 0.148. The van der Waals surface area contributed by atoms with Crippen LogP contribution in [-0.2, 0) is 0 Å². The fourth-order valence-corrected chi connectivity index (χ4v) is 4.40.